The molecule has 0 bridgehead atoms. The van der Waals surface area contributed by atoms with Crippen molar-refractivity contribution in [3.63, 3.8) is 0 Å². The Hall–Kier alpha value is -2.15. The van der Waals surface area contributed by atoms with E-state index < -0.39 is 12.2 Å². The van der Waals surface area contributed by atoms with Crippen LogP contribution in [0.5, 0.6) is 5.75 Å². The summed E-state index contributed by atoms with van der Waals surface area (Å²) in [5.41, 5.74) is 1.44. The maximum atomic E-state index is 9.90. The zero-order valence-corrected chi connectivity index (χ0v) is 13.1. The summed E-state index contributed by atoms with van der Waals surface area (Å²) in [5.74, 6) is -0.000913. The summed E-state index contributed by atoms with van der Waals surface area (Å²) < 4.78 is 16.6. The number of para-hydroxylation sites is 1. The summed E-state index contributed by atoms with van der Waals surface area (Å²) in [6.07, 6.45) is 0.293. The van der Waals surface area contributed by atoms with Crippen molar-refractivity contribution in [3.05, 3.63) is 54.4 Å². The highest BCUT2D eigenvalue weighted by Gasteiger charge is 2.34. The van der Waals surface area contributed by atoms with E-state index in [9.17, 15) is 5.11 Å². The van der Waals surface area contributed by atoms with Gasteiger partial charge in [0.2, 0.25) is 0 Å². The predicted octanol–water partition coefficient (Wildman–Crippen LogP) is 2.67. The summed E-state index contributed by atoms with van der Waals surface area (Å²) >= 11 is 0. The third kappa shape index (κ3) is 4.19. The number of pyridine rings is 1. The van der Waals surface area contributed by atoms with Gasteiger partial charge in [-0.15, -0.1) is 0 Å². The topological polar surface area (TPSA) is 72.8 Å². The smallest absolute Gasteiger partial charge is 0.279 e. The lowest BCUT2D eigenvalue weighted by Crippen LogP contribution is -2.25. The molecule has 0 spiro atoms. The number of aliphatic hydroxyl groups excluding tert-OH is 1. The Morgan fingerprint density at radius 1 is 1.26 bits per heavy atom. The predicted molar refractivity (Wildman–Crippen MR) is 84.8 cm³/mol. The van der Waals surface area contributed by atoms with Crippen LogP contribution in [0, 0.1) is 0 Å². The second kappa shape index (κ2) is 6.54. The molecule has 2 heterocycles. The largest absolute Gasteiger partial charge is 0.447 e. The first-order valence-corrected chi connectivity index (χ1v) is 7.46. The maximum absolute atomic E-state index is 9.90. The van der Waals surface area contributed by atoms with Gasteiger partial charge in [-0.05, 0) is 38.1 Å². The molecular weight excluding hydrogens is 296 g/mol. The molecule has 1 fully saturated rings. The average Bonchev–Trinajstić information content (AvgIpc) is 2.89. The van der Waals surface area contributed by atoms with Gasteiger partial charge in [-0.3, -0.25) is 4.98 Å². The summed E-state index contributed by atoms with van der Waals surface area (Å²) in [7, 11) is 0. The lowest BCUT2D eigenvalue weighted by Gasteiger charge is -2.17. The fourth-order valence-corrected chi connectivity index (χ4v) is 2.31. The lowest BCUT2D eigenvalue weighted by atomic mass is 10.2. The highest BCUT2D eigenvalue weighted by Crippen LogP contribution is 2.32. The molecule has 2 N–H and O–H groups in total. The van der Waals surface area contributed by atoms with Crippen LogP contribution < -0.4 is 10.1 Å². The number of aromatic nitrogens is 1. The van der Waals surface area contributed by atoms with Gasteiger partial charge in [0, 0.05) is 0 Å². The number of benzene rings is 1. The van der Waals surface area contributed by atoms with Crippen LogP contribution in [0.4, 0.5) is 5.69 Å². The molecule has 2 unspecified atom stereocenters. The number of anilines is 1. The zero-order valence-electron chi connectivity index (χ0n) is 13.1. The zero-order chi connectivity index (χ0) is 16.3. The van der Waals surface area contributed by atoms with E-state index in [-0.39, 0.29) is 6.10 Å². The van der Waals surface area contributed by atoms with Crippen LogP contribution in [0.3, 0.4) is 0 Å². The molecule has 6 nitrogen and oxygen atoms in total. The Morgan fingerprint density at radius 3 is 2.65 bits per heavy atom. The molecule has 6 heteroatoms. The molecule has 3 rings (SSSR count). The molecule has 0 radical (unpaired) electrons. The maximum Gasteiger partial charge on any atom is 0.279 e. The van der Waals surface area contributed by atoms with Crippen molar-refractivity contribution in [1.82, 2.24) is 4.98 Å². The van der Waals surface area contributed by atoms with Crippen LogP contribution in [-0.2, 0) is 9.47 Å². The van der Waals surface area contributed by atoms with E-state index in [1.54, 1.807) is 18.3 Å². The van der Waals surface area contributed by atoms with E-state index in [1.807, 2.05) is 44.2 Å². The van der Waals surface area contributed by atoms with Crippen molar-refractivity contribution < 1.29 is 19.3 Å². The Labute approximate surface area is 135 Å². The number of nitrogens with zero attached hydrogens (tertiary/aromatic N) is 1. The van der Waals surface area contributed by atoms with Crippen molar-refractivity contribution in [1.29, 1.82) is 0 Å². The van der Waals surface area contributed by atoms with Crippen molar-refractivity contribution in [2.75, 3.05) is 11.9 Å². The Balaban J connectivity index is 1.57. The number of rotatable bonds is 5. The number of aliphatic hydroxyl groups is 1. The van der Waals surface area contributed by atoms with Gasteiger partial charge < -0.3 is 24.6 Å². The first kappa shape index (κ1) is 15.7. The number of nitrogens with one attached hydrogen (secondary N) is 1. The molecule has 1 aliphatic rings. The fourth-order valence-electron chi connectivity index (χ4n) is 2.31. The van der Waals surface area contributed by atoms with Gasteiger partial charge in [-0.25, -0.2) is 0 Å². The van der Waals surface area contributed by atoms with Gasteiger partial charge in [-0.2, -0.15) is 0 Å². The second-order valence-electron chi connectivity index (χ2n) is 5.72. The van der Waals surface area contributed by atoms with E-state index in [0.29, 0.717) is 18.0 Å². The highest BCUT2D eigenvalue weighted by atomic mass is 16.7. The van der Waals surface area contributed by atoms with E-state index >= 15 is 0 Å². The standard InChI is InChI=1S/C17H20N2O4/c1-17(2)21-11-15(23-17)14-9-8-12(10-18-14)19-16(20)22-13-6-4-3-5-7-13/h3-10,15-16,19-20H,11H2,1-2H3. The second-order valence-corrected chi connectivity index (χ2v) is 5.72. The van der Waals surface area contributed by atoms with Crippen LogP contribution in [0.15, 0.2) is 48.7 Å². The summed E-state index contributed by atoms with van der Waals surface area (Å²) in [6, 6.07) is 12.7. The molecule has 1 saturated heterocycles. The van der Waals surface area contributed by atoms with Crippen LogP contribution in [0.25, 0.3) is 0 Å². The van der Waals surface area contributed by atoms with Crippen LogP contribution in [-0.4, -0.2) is 28.9 Å². The molecule has 2 atom stereocenters. The van der Waals surface area contributed by atoms with Gasteiger partial charge in [0.1, 0.15) is 11.9 Å². The van der Waals surface area contributed by atoms with Crippen LogP contribution in [0.1, 0.15) is 25.6 Å². The highest BCUT2D eigenvalue weighted by molar-refractivity contribution is 5.41. The minimum atomic E-state index is -1.16. The number of ether oxygens (including phenoxy) is 3. The van der Waals surface area contributed by atoms with Gasteiger partial charge in [-0.1, -0.05) is 18.2 Å². The Kier molecular flexibility index (Phi) is 4.47. The third-order valence-corrected chi connectivity index (χ3v) is 3.41. The Bertz CT molecular complexity index is 631. The summed E-state index contributed by atoms with van der Waals surface area (Å²) in [5, 5.41) is 12.7. The van der Waals surface area contributed by atoms with E-state index in [2.05, 4.69) is 10.3 Å². The fraction of sp³-hybridized carbons (Fsp3) is 0.353. The minimum absolute atomic E-state index is 0.176. The van der Waals surface area contributed by atoms with Crippen molar-refractivity contribution in [2.24, 2.45) is 0 Å². The monoisotopic (exact) mass is 316 g/mol. The molecule has 1 aromatic heterocycles. The van der Waals surface area contributed by atoms with Crippen molar-refractivity contribution >= 4 is 5.69 Å². The van der Waals surface area contributed by atoms with Gasteiger partial charge >= 0.3 is 0 Å². The van der Waals surface area contributed by atoms with Gasteiger partial charge in [0.15, 0.2) is 5.79 Å². The Morgan fingerprint density at radius 2 is 2.04 bits per heavy atom. The molecule has 23 heavy (non-hydrogen) atoms. The minimum Gasteiger partial charge on any atom is -0.447 e. The molecule has 122 valence electrons. The molecule has 1 aliphatic heterocycles. The molecule has 2 aromatic rings. The van der Waals surface area contributed by atoms with Gasteiger partial charge in [0.25, 0.3) is 6.41 Å². The molecular formula is C17H20N2O4. The van der Waals surface area contributed by atoms with E-state index in [4.69, 9.17) is 14.2 Å². The normalized spacial score (nSPS) is 20.9. The van der Waals surface area contributed by atoms with Gasteiger partial charge in [0.05, 0.1) is 24.2 Å². The SMILES string of the molecule is CC1(C)OCC(c2ccc(NC(O)Oc3ccccc3)cn2)O1. The molecule has 0 amide bonds. The summed E-state index contributed by atoms with van der Waals surface area (Å²) in [6.45, 7) is 4.23. The third-order valence-electron chi connectivity index (χ3n) is 3.41. The van der Waals surface area contributed by atoms with Crippen molar-refractivity contribution in [3.8, 4) is 5.75 Å². The molecule has 1 aromatic carbocycles. The average molecular weight is 316 g/mol. The summed E-state index contributed by atoms with van der Waals surface area (Å²) in [4.78, 5) is 4.35. The van der Waals surface area contributed by atoms with E-state index in [0.717, 1.165) is 5.69 Å². The van der Waals surface area contributed by atoms with Crippen LogP contribution >= 0.6 is 0 Å². The number of hydrogen-bond donors (Lipinski definition) is 2. The first-order valence-electron chi connectivity index (χ1n) is 7.46. The molecule has 0 aliphatic carbocycles. The van der Waals surface area contributed by atoms with E-state index in [1.165, 1.54) is 0 Å². The lowest BCUT2D eigenvalue weighted by molar-refractivity contribution is -0.139. The van der Waals surface area contributed by atoms with Crippen molar-refractivity contribution in [2.45, 2.75) is 32.2 Å². The number of hydrogen-bond acceptors (Lipinski definition) is 6. The molecule has 0 saturated carbocycles. The first-order chi connectivity index (χ1) is 11.0. The van der Waals surface area contributed by atoms with Crippen LogP contribution in [0.2, 0.25) is 0 Å². The quantitative estimate of drug-likeness (QED) is 0.826.